The van der Waals surface area contributed by atoms with Gasteiger partial charge in [-0.25, -0.2) is 0 Å². The maximum absolute atomic E-state index is 8.59. The van der Waals surface area contributed by atoms with Gasteiger partial charge in [0.25, 0.3) is 0 Å². The number of rotatable bonds is 4. The number of nitriles is 1. The molecule has 1 rings (SSSR count). The molecule has 0 saturated heterocycles. The van der Waals surface area contributed by atoms with Crippen LogP contribution in [0.2, 0.25) is 0 Å². The van der Waals surface area contributed by atoms with Crippen molar-refractivity contribution in [1.82, 2.24) is 5.32 Å². The summed E-state index contributed by atoms with van der Waals surface area (Å²) in [7, 11) is 1.92. The lowest BCUT2D eigenvalue weighted by Gasteiger charge is -2.12. The molecule has 0 bridgehead atoms. The highest BCUT2D eigenvalue weighted by molar-refractivity contribution is 5.29. The minimum absolute atomic E-state index is 0.326. The molecule has 3 heteroatoms. The van der Waals surface area contributed by atoms with Crippen molar-refractivity contribution in [3.8, 4) is 11.8 Å². The highest BCUT2D eigenvalue weighted by Gasteiger charge is 2.04. The fourth-order valence-corrected chi connectivity index (χ4v) is 1.23. The Morgan fingerprint density at radius 3 is 2.33 bits per heavy atom. The van der Waals surface area contributed by atoms with Crippen LogP contribution < -0.4 is 10.1 Å². The Morgan fingerprint density at radius 2 is 1.87 bits per heavy atom. The Labute approximate surface area is 90.7 Å². The van der Waals surface area contributed by atoms with Gasteiger partial charge in [-0.3, -0.25) is 0 Å². The molecule has 0 heterocycles. The molecule has 0 aliphatic heterocycles. The first kappa shape index (κ1) is 11.5. The average Bonchev–Trinajstić information content (AvgIpc) is 2.29. The molecule has 0 spiro atoms. The summed E-state index contributed by atoms with van der Waals surface area (Å²) in [4.78, 5) is 0. The molecule has 80 valence electrons. The lowest BCUT2D eigenvalue weighted by molar-refractivity contribution is 0.276. The molecular formula is C12H16N2O. The van der Waals surface area contributed by atoms with E-state index in [0.29, 0.717) is 6.04 Å². The lowest BCUT2D eigenvalue weighted by atomic mass is 10.1. The summed E-state index contributed by atoms with van der Waals surface area (Å²) in [6.07, 6.45) is -0.405. The Hall–Kier alpha value is -1.53. The predicted molar refractivity (Wildman–Crippen MR) is 59.6 cm³/mol. The van der Waals surface area contributed by atoms with E-state index in [1.807, 2.05) is 37.4 Å². The lowest BCUT2D eigenvalue weighted by Crippen LogP contribution is -2.12. The molecule has 0 saturated carbocycles. The molecule has 1 N–H and O–H groups in total. The normalized spacial score (nSPS) is 14.0. The summed E-state index contributed by atoms with van der Waals surface area (Å²) in [6.45, 7) is 3.82. The molecule has 0 aromatic heterocycles. The number of hydrogen-bond donors (Lipinski definition) is 1. The van der Waals surface area contributed by atoms with E-state index in [2.05, 4.69) is 12.2 Å². The Morgan fingerprint density at radius 1 is 1.27 bits per heavy atom. The van der Waals surface area contributed by atoms with Crippen molar-refractivity contribution in [3.63, 3.8) is 0 Å². The van der Waals surface area contributed by atoms with Gasteiger partial charge in [0, 0.05) is 6.04 Å². The smallest absolute Gasteiger partial charge is 0.181 e. The van der Waals surface area contributed by atoms with E-state index in [4.69, 9.17) is 10.00 Å². The van der Waals surface area contributed by atoms with E-state index in [9.17, 15) is 0 Å². The van der Waals surface area contributed by atoms with Crippen LogP contribution in [0.15, 0.2) is 24.3 Å². The van der Waals surface area contributed by atoms with Crippen LogP contribution in [0.5, 0.6) is 5.75 Å². The van der Waals surface area contributed by atoms with E-state index in [0.717, 1.165) is 5.75 Å². The second kappa shape index (κ2) is 5.38. The highest BCUT2D eigenvalue weighted by Crippen LogP contribution is 2.17. The number of hydrogen-bond acceptors (Lipinski definition) is 3. The van der Waals surface area contributed by atoms with Crippen LogP contribution in [-0.2, 0) is 0 Å². The van der Waals surface area contributed by atoms with E-state index in [-0.39, 0.29) is 0 Å². The van der Waals surface area contributed by atoms with Crippen molar-refractivity contribution >= 4 is 0 Å². The summed E-state index contributed by atoms with van der Waals surface area (Å²) in [5, 5.41) is 11.8. The Kier molecular flexibility index (Phi) is 4.14. The summed E-state index contributed by atoms with van der Waals surface area (Å²) in [5.74, 6) is 0.733. The van der Waals surface area contributed by atoms with Crippen molar-refractivity contribution in [2.24, 2.45) is 0 Å². The predicted octanol–water partition coefficient (Wildman–Crippen LogP) is 2.26. The van der Waals surface area contributed by atoms with Crippen molar-refractivity contribution in [2.75, 3.05) is 7.05 Å². The van der Waals surface area contributed by atoms with Crippen LogP contribution in [0, 0.1) is 11.3 Å². The average molecular weight is 204 g/mol. The molecule has 0 amide bonds. The van der Waals surface area contributed by atoms with E-state index in [1.54, 1.807) is 6.92 Å². The van der Waals surface area contributed by atoms with Gasteiger partial charge in [0.05, 0.1) is 0 Å². The molecule has 0 aliphatic carbocycles. The maximum atomic E-state index is 8.59. The molecule has 3 nitrogen and oxygen atoms in total. The molecule has 0 aliphatic rings. The first-order valence-electron chi connectivity index (χ1n) is 5.01. The van der Waals surface area contributed by atoms with Crippen molar-refractivity contribution in [1.29, 1.82) is 5.26 Å². The fraction of sp³-hybridized carbons (Fsp3) is 0.417. The topological polar surface area (TPSA) is 45.0 Å². The van der Waals surface area contributed by atoms with E-state index >= 15 is 0 Å². The van der Waals surface area contributed by atoms with Crippen LogP contribution in [0.1, 0.15) is 25.5 Å². The Bertz CT molecular complexity index is 340. The summed E-state index contributed by atoms with van der Waals surface area (Å²) in [5.41, 5.74) is 1.20. The van der Waals surface area contributed by atoms with E-state index in [1.165, 1.54) is 5.56 Å². The zero-order chi connectivity index (χ0) is 11.3. The first-order chi connectivity index (χ1) is 7.17. The van der Waals surface area contributed by atoms with E-state index < -0.39 is 6.10 Å². The molecule has 1 aromatic carbocycles. The fourth-order valence-electron chi connectivity index (χ4n) is 1.23. The van der Waals surface area contributed by atoms with Crippen LogP contribution in [0.3, 0.4) is 0 Å². The van der Waals surface area contributed by atoms with Gasteiger partial charge < -0.3 is 10.1 Å². The maximum Gasteiger partial charge on any atom is 0.181 e. The third kappa shape index (κ3) is 3.26. The second-order valence-corrected chi connectivity index (χ2v) is 3.47. The third-order valence-corrected chi connectivity index (χ3v) is 2.31. The van der Waals surface area contributed by atoms with Gasteiger partial charge in [-0.2, -0.15) is 5.26 Å². The zero-order valence-electron chi connectivity index (χ0n) is 9.32. The minimum atomic E-state index is -0.405. The molecule has 2 unspecified atom stereocenters. The van der Waals surface area contributed by atoms with Gasteiger partial charge in [-0.15, -0.1) is 0 Å². The summed E-state index contributed by atoms with van der Waals surface area (Å²) >= 11 is 0. The number of nitrogens with one attached hydrogen (secondary N) is 1. The molecule has 15 heavy (non-hydrogen) atoms. The van der Waals surface area contributed by atoms with Crippen molar-refractivity contribution in [3.05, 3.63) is 29.8 Å². The standard InChI is InChI=1S/C12H16N2O/c1-9(8-13)15-12-6-4-11(5-7-12)10(2)14-3/h4-7,9-10,14H,1-3H3. The van der Waals surface area contributed by atoms with Gasteiger partial charge in [0.15, 0.2) is 6.10 Å². The van der Waals surface area contributed by atoms with Gasteiger partial charge in [-0.1, -0.05) is 12.1 Å². The van der Waals surface area contributed by atoms with Gasteiger partial charge in [0.2, 0.25) is 0 Å². The monoisotopic (exact) mass is 204 g/mol. The van der Waals surface area contributed by atoms with Gasteiger partial charge >= 0.3 is 0 Å². The molecule has 0 fully saturated rings. The molecule has 0 radical (unpaired) electrons. The quantitative estimate of drug-likeness (QED) is 0.818. The van der Waals surface area contributed by atoms with Crippen LogP contribution in [0.4, 0.5) is 0 Å². The molecule has 1 aromatic rings. The van der Waals surface area contributed by atoms with Crippen LogP contribution >= 0.6 is 0 Å². The highest BCUT2D eigenvalue weighted by atomic mass is 16.5. The second-order valence-electron chi connectivity index (χ2n) is 3.47. The number of benzene rings is 1. The van der Waals surface area contributed by atoms with Crippen LogP contribution in [0.25, 0.3) is 0 Å². The largest absolute Gasteiger partial charge is 0.476 e. The molecule has 2 atom stereocenters. The summed E-state index contributed by atoms with van der Waals surface area (Å²) in [6, 6.07) is 10.1. The Balaban J connectivity index is 2.69. The third-order valence-electron chi connectivity index (χ3n) is 2.31. The first-order valence-corrected chi connectivity index (χ1v) is 5.01. The van der Waals surface area contributed by atoms with Crippen molar-refractivity contribution < 1.29 is 4.74 Å². The zero-order valence-corrected chi connectivity index (χ0v) is 9.32. The number of ether oxygens (including phenoxy) is 1. The van der Waals surface area contributed by atoms with Gasteiger partial charge in [0.1, 0.15) is 11.8 Å². The number of nitrogens with zero attached hydrogens (tertiary/aromatic N) is 1. The summed E-state index contributed by atoms with van der Waals surface area (Å²) < 4.78 is 5.35. The minimum Gasteiger partial charge on any atom is -0.476 e. The molecular weight excluding hydrogens is 188 g/mol. The SMILES string of the molecule is CNC(C)c1ccc(OC(C)C#N)cc1. The van der Waals surface area contributed by atoms with Crippen LogP contribution in [-0.4, -0.2) is 13.2 Å². The van der Waals surface area contributed by atoms with Gasteiger partial charge in [-0.05, 0) is 38.6 Å². The van der Waals surface area contributed by atoms with Crippen molar-refractivity contribution in [2.45, 2.75) is 26.0 Å².